The predicted octanol–water partition coefficient (Wildman–Crippen LogP) is -2.67. The van der Waals surface area contributed by atoms with Gasteiger partial charge in [-0.05, 0) is 12.1 Å². The van der Waals surface area contributed by atoms with Gasteiger partial charge in [0.1, 0.15) is 48.5 Å². The molecule has 0 radical (unpaired) electrons. The number of benzene rings is 1. The first kappa shape index (κ1) is 20.4. The van der Waals surface area contributed by atoms with Crippen molar-refractivity contribution >= 4 is 0 Å². The lowest BCUT2D eigenvalue weighted by molar-refractivity contribution is -0.339. The molecule has 6 N–H and O–H groups in total. The first-order valence-electron chi connectivity index (χ1n) is 8.57. The molecule has 1 aromatic rings. The number of aliphatic hydroxyl groups is 6. The molecule has 0 aromatic heterocycles. The van der Waals surface area contributed by atoms with Crippen LogP contribution in [0.2, 0.25) is 0 Å². The van der Waals surface area contributed by atoms with Crippen LogP contribution in [-0.2, 0) is 14.2 Å². The smallest absolute Gasteiger partial charge is 0.229 e. The third-order valence-corrected chi connectivity index (χ3v) is 4.56. The van der Waals surface area contributed by atoms with E-state index in [2.05, 4.69) is 0 Å². The molecule has 27 heavy (non-hydrogen) atoms. The van der Waals surface area contributed by atoms with E-state index in [0.29, 0.717) is 5.75 Å². The second-order valence-corrected chi connectivity index (χ2v) is 6.49. The highest BCUT2D eigenvalue weighted by atomic mass is 16.7. The van der Waals surface area contributed by atoms with Crippen LogP contribution in [0.4, 0.5) is 0 Å². The normalized spacial score (nSPS) is 42.7. The number of rotatable bonds is 5. The van der Waals surface area contributed by atoms with Gasteiger partial charge in [-0.3, -0.25) is 0 Å². The van der Waals surface area contributed by atoms with Crippen molar-refractivity contribution in [3.63, 3.8) is 0 Å². The highest BCUT2D eigenvalue weighted by Crippen LogP contribution is 2.28. The Morgan fingerprint density at radius 3 is 2.22 bits per heavy atom. The van der Waals surface area contributed by atoms with E-state index in [4.69, 9.17) is 18.9 Å². The van der Waals surface area contributed by atoms with Gasteiger partial charge in [0.2, 0.25) is 6.29 Å². The van der Waals surface area contributed by atoms with E-state index in [0.717, 1.165) is 0 Å². The topological polar surface area (TPSA) is 158 Å². The molecule has 152 valence electrons. The van der Waals surface area contributed by atoms with Gasteiger partial charge in [0, 0.05) is 0 Å². The molecule has 2 aliphatic heterocycles. The number of hydrogen-bond donors (Lipinski definition) is 6. The molecule has 0 bridgehead atoms. The Kier molecular flexibility index (Phi) is 6.63. The molecule has 2 fully saturated rings. The van der Waals surface area contributed by atoms with Gasteiger partial charge in [0.25, 0.3) is 0 Å². The summed E-state index contributed by atoms with van der Waals surface area (Å²) >= 11 is 0. The fourth-order valence-electron chi connectivity index (χ4n) is 3.01. The second kappa shape index (κ2) is 8.78. The summed E-state index contributed by atoms with van der Waals surface area (Å²) < 4.78 is 21.6. The maximum absolute atomic E-state index is 10.4. The van der Waals surface area contributed by atoms with Gasteiger partial charge in [0.15, 0.2) is 6.29 Å². The van der Waals surface area contributed by atoms with Crippen molar-refractivity contribution in [1.82, 2.24) is 0 Å². The first-order chi connectivity index (χ1) is 12.9. The number of aliphatic hydroxyl groups excluding tert-OH is 6. The molecule has 3 rings (SSSR count). The molecule has 2 saturated heterocycles. The molecule has 2 heterocycles. The summed E-state index contributed by atoms with van der Waals surface area (Å²) in [6.45, 7) is -0.865. The van der Waals surface area contributed by atoms with Crippen LogP contribution in [0.3, 0.4) is 0 Å². The lowest BCUT2D eigenvalue weighted by Gasteiger charge is -2.44. The van der Waals surface area contributed by atoms with Gasteiger partial charge in [-0.15, -0.1) is 0 Å². The molecule has 0 spiro atoms. The van der Waals surface area contributed by atoms with Gasteiger partial charge < -0.3 is 49.6 Å². The van der Waals surface area contributed by atoms with E-state index in [-0.39, 0.29) is 6.61 Å². The second-order valence-electron chi connectivity index (χ2n) is 6.49. The lowest BCUT2D eigenvalue weighted by Crippen LogP contribution is -2.63. The standard InChI is InChI=1S/C17H24O10/c18-6-10-15(27-16-13(22)11(20)9(19)7-24-16)12(21)14(23)17(26-10)25-8-4-2-1-3-5-8/h1-5,9-23H,6-7H2/t9-,10-,11+,12-,13-,14-,15-,16+,17-/m1/s1. The lowest BCUT2D eigenvalue weighted by atomic mass is 9.98. The number of hydrogen-bond acceptors (Lipinski definition) is 10. The summed E-state index contributed by atoms with van der Waals surface area (Å²) in [6, 6.07) is 8.49. The summed E-state index contributed by atoms with van der Waals surface area (Å²) in [6.07, 6.45) is -12.5. The number of ether oxygens (including phenoxy) is 4. The average molecular weight is 388 g/mol. The summed E-state index contributed by atoms with van der Waals surface area (Å²) in [5, 5.41) is 59.5. The molecule has 0 saturated carbocycles. The molecule has 0 amide bonds. The Morgan fingerprint density at radius 1 is 0.889 bits per heavy atom. The van der Waals surface area contributed by atoms with Gasteiger partial charge in [-0.2, -0.15) is 0 Å². The summed E-state index contributed by atoms with van der Waals surface area (Å²) in [5.41, 5.74) is 0. The van der Waals surface area contributed by atoms with Gasteiger partial charge in [0.05, 0.1) is 13.2 Å². The summed E-state index contributed by atoms with van der Waals surface area (Å²) in [7, 11) is 0. The molecule has 1 aromatic carbocycles. The Morgan fingerprint density at radius 2 is 1.56 bits per heavy atom. The molecule has 0 aliphatic carbocycles. The van der Waals surface area contributed by atoms with Crippen molar-refractivity contribution in [2.24, 2.45) is 0 Å². The molecule has 2 aliphatic rings. The maximum Gasteiger partial charge on any atom is 0.229 e. The SMILES string of the molecule is OC[C@H]1O[C@@H](Oc2ccccc2)[C@H](O)[C@@H](O)[C@@H]1O[C@@H]1OC[C@@H](O)[C@H](O)[C@H]1O. The quantitative estimate of drug-likeness (QED) is 0.314. The molecule has 9 atom stereocenters. The zero-order valence-corrected chi connectivity index (χ0v) is 14.3. The minimum atomic E-state index is -1.59. The molecular weight excluding hydrogens is 364 g/mol. The van der Waals surface area contributed by atoms with Crippen LogP contribution in [0.15, 0.2) is 30.3 Å². The van der Waals surface area contributed by atoms with Crippen LogP contribution in [0.25, 0.3) is 0 Å². The molecule has 10 nitrogen and oxygen atoms in total. The van der Waals surface area contributed by atoms with Crippen molar-refractivity contribution in [3.8, 4) is 5.75 Å². The molecule has 0 unspecified atom stereocenters. The highest BCUT2D eigenvalue weighted by molar-refractivity contribution is 5.21. The Hall–Kier alpha value is -1.34. The van der Waals surface area contributed by atoms with Crippen molar-refractivity contribution < 1.29 is 49.6 Å². The molecular formula is C17H24O10. The fourth-order valence-corrected chi connectivity index (χ4v) is 3.01. The third kappa shape index (κ3) is 4.40. The summed E-state index contributed by atoms with van der Waals surface area (Å²) in [5.74, 6) is 0.396. The van der Waals surface area contributed by atoms with Gasteiger partial charge >= 0.3 is 0 Å². The van der Waals surface area contributed by atoms with Crippen LogP contribution >= 0.6 is 0 Å². The van der Waals surface area contributed by atoms with Crippen LogP contribution < -0.4 is 4.74 Å². The van der Waals surface area contributed by atoms with E-state index in [9.17, 15) is 30.6 Å². The summed E-state index contributed by atoms with van der Waals surface area (Å²) in [4.78, 5) is 0. The zero-order chi connectivity index (χ0) is 19.6. The number of para-hydroxylation sites is 1. The van der Waals surface area contributed by atoms with Gasteiger partial charge in [-0.25, -0.2) is 0 Å². The zero-order valence-electron chi connectivity index (χ0n) is 14.3. The van der Waals surface area contributed by atoms with E-state index >= 15 is 0 Å². The predicted molar refractivity (Wildman–Crippen MR) is 87.5 cm³/mol. The van der Waals surface area contributed by atoms with Gasteiger partial charge in [-0.1, -0.05) is 18.2 Å². The minimum absolute atomic E-state index is 0.293. The van der Waals surface area contributed by atoms with Crippen molar-refractivity contribution in [2.45, 2.75) is 55.3 Å². The van der Waals surface area contributed by atoms with Crippen LogP contribution in [0.1, 0.15) is 0 Å². The monoisotopic (exact) mass is 388 g/mol. The Bertz CT molecular complexity index is 584. The van der Waals surface area contributed by atoms with Crippen LogP contribution in [0, 0.1) is 0 Å². The largest absolute Gasteiger partial charge is 0.462 e. The van der Waals surface area contributed by atoms with Crippen molar-refractivity contribution in [2.75, 3.05) is 13.2 Å². The van der Waals surface area contributed by atoms with E-state index < -0.39 is 61.9 Å². The minimum Gasteiger partial charge on any atom is -0.462 e. The average Bonchev–Trinajstić information content (AvgIpc) is 2.68. The maximum atomic E-state index is 10.4. The van der Waals surface area contributed by atoms with Crippen molar-refractivity contribution in [1.29, 1.82) is 0 Å². The van der Waals surface area contributed by atoms with E-state index in [1.54, 1.807) is 30.3 Å². The van der Waals surface area contributed by atoms with E-state index in [1.165, 1.54) is 0 Å². The first-order valence-corrected chi connectivity index (χ1v) is 8.57. The van der Waals surface area contributed by atoms with Crippen LogP contribution in [0.5, 0.6) is 5.75 Å². The van der Waals surface area contributed by atoms with Crippen molar-refractivity contribution in [3.05, 3.63) is 30.3 Å². The fraction of sp³-hybridized carbons (Fsp3) is 0.647. The van der Waals surface area contributed by atoms with Crippen LogP contribution in [-0.4, -0.2) is 99.2 Å². The Balaban J connectivity index is 1.68. The molecule has 10 heteroatoms. The highest BCUT2D eigenvalue weighted by Gasteiger charge is 2.49. The third-order valence-electron chi connectivity index (χ3n) is 4.56. The van der Waals surface area contributed by atoms with E-state index in [1.807, 2.05) is 0 Å². The Labute approximate surface area is 155 Å².